The molecule has 0 radical (unpaired) electrons. The Balaban J connectivity index is 1.73. The highest BCUT2D eigenvalue weighted by molar-refractivity contribution is 5.74. The van der Waals surface area contributed by atoms with Crippen molar-refractivity contribution in [3.05, 3.63) is 29.8 Å². The van der Waals surface area contributed by atoms with Gasteiger partial charge in [0.2, 0.25) is 0 Å². The summed E-state index contributed by atoms with van der Waals surface area (Å²) in [5, 5.41) is 0. The molecule has 1 aromatic carbocycles. The lowest BCUT2D eigenvalue weighted by Gasteiger charge is -2.31. The molecular weight excluding hydrogens is 272 g/mol. The Kier molecular flexibility index (Phi) is 5.98. The number of hydrogen-bond donors (Lipinski definition) is 1. The molecule has 2 rings (SSSR count). The molecule has 0 amide bonds. The van der Waals surface area contributed by atoms with Crippen molar-refractivity contribution in [2.75, 3.05) is 40.0 Å². The van der Waals surface area contributed by atoms with E-state index in [4.69, 9.17) is 19.9 Å². The Labute approximate surface area is 124 Å². The summed E-state index contributed by atoms with van der Waals surface area (Å²) < 4.78 is 15.8. The molecule has 0 aliphatic carbocycles. The van der Waals surface area contributed by atoms with Gasteiger partial charge in [-0.3, -0.25) is 4.90 Å². The van der Waals surface area contributed by atoms with Crippen molar-refractivity contribution in [3.63, 3.8) is 0 Å². The van der Waals surface area contributed by atoms with Crippen LogP contribution >= 0.6 is 0 Å². The molecule has 6 nitrogen and oxygen atoms in total. The highest BCUT2D eigenvalue weighted by Crippen LogP contribution is 2.12. The molecule has 1 fully saturated rings. The van der Waals surface area contributed by atoms with Crippen molar-refractivity contribution in [2.45, 2.75) is 12.6 Å². The van der Waals surface area contributed by atoms with Gasteiger partial charge in [-0.2, -0.15) is 0 Å². The second-order valence-electron chi connectivity index (χ2n) is 4.88. The van der Waals surface area contributed by atoms with Crippen LogP contribution in [0.15, 0.2) is 24.3 Å². The molecule has 0 saturated carbocycles. The van der Waals surface area contributed by atoms with Gasteiger partial charge in [0.15, 0.2) is 6.10 Å². The van der Waals surface area contributed by atoms with Crippen molar-refractivity contribution < 1.29 is 19.0 Å². The quantitative estimate of drug-likeness (QED) is 0.766. The van der Waals surface area contributed by atoms with Crippen LogP contribution in [0.4, 0.5) is 0 Å². The van der Waals surface area contributed by atoms with Crippen molar-refractivity contribution >= 4 is 5.97 Å². The van der Waals surface area contributed by atoms with E-state index in [0.29, 0.717) is 26.3 Å². The average molecular weight is 294 g/mol. The minimum Gasteiger partial charge on any atom is -0.492 e. The van der Waals surface area contributed by atoms with Crippen LogP contribution in [0.5, 0.6) is 5.75 Å². The van der Waals surface area contributed by atoms with Gasteiger partial charge in [0.25, 0.3) is 0 Å². The first-order valence-corrected chi connectivity index (χ1v) is 7.06. The van der Waals surface area contributed by atoms with Crippen LogP contribution < -0.4 is 10.5 Å². The van der Waals surface area contributed by atoms with Crippen LogP contribution in [-0.4, -0.2) is 56.9 Å². The molecule has 1 aromatic rings. The van der Waals surface area contributed by atoms with Crippen LogP contribution in [-0.2, 0) is 20.8 Å². The fourth-order valence-electron chi connectivity index (χ4n) is 2.19. The standard InChI is InChI=1S/C15H22N2O4/c1-19-15(18)14-11-17(7-9-21-14)6-8-20-13-4-2-12(10-16)3-5-13/h2-5,14H,6-11,16H2,1H3. The first kappa shape index (κ1) is 15.8. The third-order valence-electron chi connectivity index (χ3n) is 3.45. The lowest BCUT2D eigenvalue weighted by molar-refractivity contribution is -0.159. The van der Waals surface area contributed by atoms with Gasteiger partial charge in [-0.05, 0) is 17.7 Å². The topological polar surface area (TPSA) is 74.0 Å². The van der Waals surface area contributed by atoms with E-state index in [0.717, 1.165) is 24.4 Å². The number of esters is 1. The van der Waals surface area contributed by atoms with E-state index in [2.05, 4.69) is 4.90 Å². The second-order valence-corrected chi connectivity index (χ2v) is 4.88. The van der Waals surface area contributed by atoms with E-state index < -0.39 is 6.10 Å². The highest BCUT2D eigenvalue weighted by Gasteiger charge is 2.26. The fourth-order valence-corrected chi connectivity index (χ4v) is 2.19. The fraction of sp³-hybridized carbons (Fsp3) is 0.533. The Morgan fingerprint density at radius 2 is 2.19 bits per heavy atom. The van der Waals surface area contributed by atoms with Crippen molar-refractivity contribution in [2.24, 2.45) is 5.73 Å². The minimum atomic E-state index is -0.493. The van der Waals surface area contributed by atoms with Gasteiger partial charge in [-0.1, -0.05) is 12.1 Å². The second kappa shape index (κ2) is 7.97. The van der Waals surface area contributed by atoms with Gasteiger partial charge in [0.1, 0.15) is 12.4 Å². The summed E-state index contributed by atoms with van der Waals surface area (Å²) in [6, 6.07) is 7.74. The molecule has 1 aliphatic rings. The lowest BCUT2D eigenvalue weighted by Crippen LogP contribution is -2.47. The van der Waals surface area contributed by atoms with Crippen LogP contribution in [0, 0.1) is 0 Å². The number of carbonyl (C=O) groups excluding carboxylic acids is 1. The summed E-state index contributed by atoms with van der Waals surface area (Å²) in [5.74, 6) is 0.503. The Bertz CT molecular complexity index is 449. The predicted molar refractivity (Wildman–Crippen MR) is 78.0 cm³/mol. The maximum Gasteiger partial charge on any atom is 0.336 e. The number of nitrogens with two attached hydrogens (primary N) is 1. The number of methoxy groups -OCH3 is 1. The zero-order valence-electron chi connectivity index (χ0n) is 12.3. The van der Waals surface area contributed by atoms with E-state index in [1.54, 1.807) is 0 Å². The minimum absolute atomic E-state index is 0.321. The zero-order valence-corrected chi connectivity index (χ0v) is 12.3. The summed E-state index contributed by atoms with van der Waals surface area (Å²) >= 11 is 0. The Morgan fingerprint density at radius 3 is 2.86 bits per heavy atom. The predicted octanol–water partition coefficient (Wildman–Crippen LogP) is 0.398. The van der Waals surface area contributed by atoms with Gasteiger partial charge in [-0.15, -0.1) is 0 Å². The normalized spacial score (nSPS) is 19.2. The Hall–Kier alpha value is -1.63. The van der Waals surface area contributed by atoms with Gasteiger partial charge in [-0.25, -0.2) is 4.79 Å². The molecule has 1 unspecified atom stereocenters. The smallest absolute Gasteiger partial charge is 0.336 e. The van der Waals surface area contributed by atoms with E-state index in [1.807, 2.05) is 24.3 Å². The third kappa shape index (κ3) is 4.70. The SMILES string of the molecule is COC(=O)C1CN(CCOc2ccc(CN)cc2)CCO1. The maximum atomic E-state index is 11.5. The Morgan fingerprint density at radius 1 is 1.43 bits per heavy atom. The number of nitrogens with zero attached hydrogens (tertiary/aromatic N) is 1. The monoisotopic (exact) mass is 294 g/mol. The van der Waals surface area contributed by atoms with Crippen molar-refractivity contribution in [3.8, 4) is 5.75 Å². The number of carbonyl (C=O) groups is 1. The van der Waals surface area contributed by atoms with Crippen molar-refractivity contribution in [1.82, 2.24) is 4.90 Å². The van der Waals surface area contributed by atoms with Crippen molar-refractivity contribution in [1.29, 1.82) is 0 Å². The van der Waals surface area contributed by atoms with E-state index in [9.17, 15) is 4.79 Å². The first-order valence-electron chi connectivity index (χ1n) is 7.06. The molecule has 1 saturated heterocycles. The number of morpholine rings is 1. The van der Waals surface area contributed by atoms with E-state index in [-0.39, 0.29) is 5.97 Å². The first-order chi connectivity index (χ1) is 10.2. The molecule has 1 heterocycles. The molecule has 21 heavy (non-hydrogen) atoms. The molecule has 0 bridgehead atoms. The summed E-state index contributed by atoms with van der Waals surface area (Å²) in [6.07, 6.45) is -0.493. The van der Waals surface area contributed by atoms with Gasteiger partial charge >= 0.3 is 5.97 Å². The van der Waals surface area contributed by atoms with Gasteiger partial charge in [0, 0.05) is 26.2 Å². The van der Waals surface area contributed by atoms with Crippen LogP contribution in [0.3, 0.4) is 0 Å². The molecule has 6 heteroatoms. The summed E-state index contributed by atoms with van der Waals surface area (Å²) in [6.45, 7) is 3.71. The molecule has 2 N–H and O–H groups in total. The highest BCUT2D eigenvalue weighted by atomic mass is 16.6. The molecule has 116 valence electrons. The van der Waals surface area contributed by atoms with E-state index in [1.165, 1.54) is 7.11 Å². The largest absolute Gasteiger partial charge is 0.492 e. The zero-order chi connectivity index (χ0) is 15.1. The van der Waals surface area contributed by atoms with Gasteiger partial charge in [0.05, 0.1) is 13.7 Å². The lowest BCUT2D eigenvalue weighted by atomic mass is 10.2. The average Bonchev–Trinajstić information content (AvgIpc) is 2.55. The number of hydrogen-bond acceptors (Lipinski definition) is 6. The summed E-state index contributed by atoms with van der Waals surface area (Å²) in [7, 11) is 1.37. The third-order valence-corrected chi connectivity index (χ3v) is 3.45. The summed E-state index contributed by atoms with van der Waals surface area (Å²) in [5.41, 5.74) is 6.63. The van der Waals surface area contributed by atoms with Gasteiger partial charge < -0.3 is 19.9 Å². The number of benzene rings is 1. The molecular formula is C15H22N2O4. The van der Waals surface area contributed by atoms with E-state index >= 15 is 0 Å². The number of ether oxygens (including phenoxy) is 3. The molecule has 0 spiro atoms. The van der Waals surface area contributed by atoms with Crippen LogP contribution in [0.1, 0.15) is 5.56 Å². The molecule has 1 aliphatic heterocycles. The molecule has 0 aromatic heterocycles. The summed E-state index contributed by atoms with van der Waals surface area (Å²) in [4.78, 5) is 13.6. The van der Waals surface area contributed by atoms with Crippen LogP contribution in [0.25, 0.3) is 0 Å². The maximum absolute atomic E-state index is 11.5. The molecule has 1 atom stereocenters. The number of rotatable bonds is 6. The van der Waals surface area contributed by atoms with Crippen LogP contribution in [0.2, 0.25) is 0 Å².